The number of carbonyl (C=O) groups is 1. The number of nitro benzene ring substituents is 1. The Morgan fingerprint density at radius 3 is 2.30 bits per heavy atom. The minimum Gasteiger partial charge on any atom is -0.459 e. The van der Waals surface area contributed by atoms with Gasteiger partial charge in [-0.05, 0) is 79.8 Å². The zero-order valence-corrected chi connectivity index (χ0v) is 44.7. The van der Waals surface area contributed by atoms with Gasteiger partial charge >= 0.3 is 5.97 Å². The molecule has 1 aromatic heterocycles. The summed E-state index contributed by atoms with van der Waals surface area (Å²) in [7, 11) is 3.35. The van der Waals surface area contributed by atoms with E-state index in [4.69, 9.17) is 33.3 Å². The Labute approximate surface area is 428 Å². The lowest BCUT2D eigenvalue weighted by atomic mass is 9.73. The molecule has 0 aliphatic carbocycles. The van der Waals surface area contributed by atoms with Crippen molar-refractivity contribution in [2.45, 2.75) is 205 Å². The van der Waals surface area contributed by atoms with E-state index in [1.54, 1.807) is 72.2 Å². The van der Waals surface area contributed by atoms with Crippen molar-refractivity contribution in [2.24, 2.45) is 28.8 Å². The summed E-state index contributed by atoms with van der Waals surface area (Å²) in [5.41, 5.74) is -3.09. The van der Waals surface area contributed by atoms with Crippen molar-refractivity contribution < 1.29 is 72.9 Å². The van der Waals surface area contributed by atoms with Crippen molar-refractivity contribution in [2.75, 3.05) is 34.0 Å². The van der Waals surface area contributed by atoms with Crippen LogP contribution in [0.2, 0.25) is 0 Å². The van der Waals surface area contributed by atoms with Gasteiger partial charge in [0.25, 0.3) is 5.69 Å². The fourth-order valence-corrected chi connectivity index (χ4v) is 10.8. The van der Waals surface area contributed by atoms with Gasteiger partial charge in [-0.1, -0.05) is 50.2 Å². The fourth-order valence-electron chi connectivity index (χ4n) is 10.8. The van der Waals surface area contributed by atoms with Crippen LogP contribution >= 0.6 is 0 Å². The van der Waals surface area contributed by atoms with Gasteiger partial charge in [0.2, 0.25) is 0 Å². The highest BCUT2D eigenvalue weighted by molar-refractivity contribution is 5.88. The van der Waals surface area contributed by atoms with Gasteiger partial charge in [0, 0.05) is 81.6 Å². The lowest BCUT2D eigenvalue weighted by molar-refractivity contribution is -0.384. The predicted octanol–water partition coefficient (Wildman–Crippen LogP) is 4.30. The maximum atomic E-state index is 14.5. The quantitative estimate of drug-likeness (QED) is 0.0603. The molecule has 0 bridgehead atoms. The van der Waals surface area contributed by atoms with E-state index in [1.807, 2.05) is 25.1 Å². The molecule has 22 heteroatoms. The van der Waals surface area contributed by atoms with Gasteiger partial charge in [0.1, 0.15) is 30.5 Å². The van der Waals surface area contributed by atoms with Crippen LogP contribution in [0.25, 0.3) is 0 Å². The second-order valence-corrected chi connectivity index (χ2v) is 21.4. The lowest BCUT2D eigenvalue weighted by Crippen LogP contribution is -2.61. The molecule has 73 heavy (non-hydrogen) atoms. The normalized spacial score (nSPS) is 38.8. The molecule has 2 aromatic rings. The number of aliphatic hydroxyl groups is 5. The van der Waals surface area contributed by atoms with E-state index in [0.717, 1.165) is 11.3 Å². The number of likely N-dealkylation sites (N-methyl/N-ethyl adjacent to an activating group) is 1. The van der Waals surface area contributed by atoms with Gasteiger partial charge in [-0.25, -0.2) is 0 Å². The molecule has 5 N–H and O–H groups in total. The number of ether oxygens (including phenoxy) is 6. The Balaban J connectivity index is 1.47. The highest BCUT2D eigenvalue weighted by atomic mass is 19.1. The number of aryl methyl sites for hydroxylation is 2. The van der Waals surface area contributed by atoms with Crippen LogP contribution in [0.3, 0.4) is 0 Å². The molecule has 4 heterocycles. The first kappa shape index (κ1) is 60.1. The smallest absolute Gasteiger partial charge is 0.311 e. The van der Waals surface area contributed by atoms with Crippen molar-refractivity contribution in [3.8, 4) is 0 Å². The molecular formula is C51H83FN6O15. The maximum absolute atomic E-state index is 14.5. The summed E-state index contributed by atoms with van der Waals surface area (Å²) in [6, 6.07) is 5.88. The molecule has 414 valence electrons. The maximum Gasteiger partial charge on any atom is 0.311 e. The zero-order chi connectivity index (χ0) is 54.2. The molecule has 0 saturated carbocycles. The first-order valence-electron chi connectivity index (χ1n) is 25.7. The minimum atomic E-state index is -2.02. The first-order chi connectivity index (χ1) is 34.3. The monoisotopic (exact) mass is 1040 g/mol. The standard InChI is InChI=1S/C51H83FN6O15/c1-13-39-51(10,64)44(60)31(4)41(54-68-24-14-21-52)29(2)26-49(8,63)46(32(5)43(33(6)47(62)71-39)72-40-27-50(9,67-12)45(61)34(7)70-40)73-48-42(59)38(25-30(3)69-48)56(11)22-20-36-28-57(55-53-36)23-19-35-15-17-37(18-16-35)58(65)66/h15-18,28-34,38-40,42-46,48,59-61,63-64H,13-14,19-27H2,1-12H3/t29-,30-,31+,32+,33-,34+,38+,39-,40+,42-,43+,44-,45+,46-,48+,49-,50-,51-/m1/s1. The Hall–Kier alpha value is -3.81. The Bertz CT molecular complexity index is 2100. The number of hydrogen-bond donors (Lipinski definition) is 5. The Morgan fingerprint density at radius 2 is 1.67 bits per heavy atom. The number of carbonyl (C=O) groups excluding carboxylic acids is 1. The average molecular weight is 1040 g/mol. The second-order valence-electron chi connectivity index (χ2n) is 21.4. The summed E-state index contributed by atoms with van der Waals surface area (Å²) < 4.78 is 53.1. The molecule has 3 fully saturated rings. The molecule has 0 amide bonds. The van der Waals surface area contributed by atoms with Crippen LogP contribution in [0.15, 0.2) is 35.6 Å². The van der Waals surface area contributed by atoms with Crippen molar-refractivity contribution in [3.05, 3.63) is 51.8 Å². The summed E-state index contributed by atoms with van der Waals surface area (Å²) in [4.78, 5) is 32.7. The number of oxime groups is 1. The summed E-state index contributed by atoms with van der Waals surface area (Å²) in [5.74, 6) is -4.47. The van der Waals surface area contributed by atoms with Gasteiger partial charge in [-0.15, -0.1) is 5.10 Å². The number of cyclic esters (lactones) is 1. The van der Waals surface area contributed by atoms with Crippen LogP contribution in [0.5, 0.6) is 0 Å². The van der Waals surface area contributed by atoms with E-state index < -0.39 is 125 Å². The predicted molar refractivity (Wildman–Crippen MR) is 265 cm³/mol. The van der Waals surface area contributed by atoms with E-state index in [0.29, 0.717) is 32.4 Å². The van der Waals surface area contributed by atoms with Crippen molar-refractivity contribution >= 4 is 17.4 Å². The van der Waals surface area contributed by atoms with Crippen LogP contribution in [0.1, 0.15) is 113 Å². The molecule has 18 atom stereocenters. The number of halogens is 1. The lowest BCUT2D eigenvalue weighted by Gasteiger charge is -2.49. The number of benzene rings is 1. The molecule has 0 unspecified atom stereocenters. The Kier molecular flexibility index (Phi) is 21.2. The van der Waals surface area contributed by atoms with E-state index in [-0.39, 0.29) is 43.7 Å². The number of methoxy groups -OCH3 is 1. The SMILES string of the molecule is CC[C@H]1OC(=O)[C@H](C)[C@@H](O[C@H]2C[C@@](C)(OC)[C@@H](O)[C@H](C)O2)[C@H](C)[C@@H](O[C@@H]2O[C@H](C)C[C@H](N(C)CCc3cn(CCc4ccc([N+](=O)[O-])cc4)nn3)[C@H]2O)[C@](C)(O)C[C@@H](C)C(=NOCCCF)[C@H](C)[C@@H](O)[C@]1(C)O. The fraction of sp³-hybridized carbons (Fsp3) is 0.804. The Morgan fingerprint density at radius 1 is 0.986 bits per heavy atom. The number of alkyl halides is 1. The number of aromatic nitrogens is 3. The number of hydrogen-bond acceptors (Lipinski definition) is 19. The molecule has 3 aliphatic rings. The number of aliphatic hydroxyl groups excluding tert-OH is 3. The molecule has 5 rings (SSSR count). The second kappa shape index (κ2) is 25.8. The summed E-state index contributed by atoms with van der Waals surface area (Å²) in [6.45, 7) is 16.9. The van der Waals surface area contributed by atoms with E-state index in [2.05, 4.69) is 15.5 Å². The van der Waals surface area contributed by atoms with E-state index in [9.17, 15) is 44.8 Å². The van der Waals surface area contributed by atoms with Gasteiger partial charge < -0.3 is 63.7 Å². The molecular weight excluding hydrogens is 956 g/mol. The van der Waals surface area contributed by atoms with E-state index >= 15 is 0 Å². The molecule has 0 radical (unpaired) electrons. The third-order valence-electron chi connectivity index (χ3n) is 15.4. The number of esters is 1. The molecule has 1 aromatic carbocycles. The van der Waals surface area contributed by atoms with Crippen LogP contribution in [-0.2, 0) is 57.4 Å². The minimum absolute atomic E-state index is 0.0227. The van der Waals surface area contributed by atoms with Gasteiger partial charge in [-0.3, -0.25) is 24.0 Å². The number of non-ortho nitro benzene ring substituents is 1. The third kappa shape index (κ3) is 14.8. The number of nitrogens with zero attached hydrogens (tertiary/aromatic N) is 6. The largest absolute Gasteiger partial charge is 0.459 e. The number of nitro groups is 1. The van der Waals surface area contributed by atoms with Gasteiger partial charge in [0.05, 0.1) is 70.6 Å². The third-order valence-corrected chi connectivity index (χ3v) is 15.4. The topological polar surface area (TPSA) is 272 Å². The molecule has 0 spiro atoms. The molecule has 3 aliphatic heterocycles. The van der Waals surface area contributed by atoms with Gasteiger partial charge in [-0.2, -0.15) is 0 Å². The zero-order valence-electron chi connectivity index (χ0n) is 44.7. The van der Waals surface area contributed by atoms with Crippen LogP contribution in [0, 0.1) is 33.8 Å². The first-order valence-corrected chi connectivity index (χ1v) is 25.7. The summed E-state index contributed by atoms with van der Waals surface area (Å²) in [5, 5.41) is 84.4. The van der Waals surface area contributed by atoms with E-state index in [1.165, 1.54) is 26.2 Å². The molecule has 21 nitrogen and oxygen atoms in total. The van der Waals surface area contributed by atoms with Crippen molar-refractivity contribution in [3.63, 3.8) is 0 Å². The summed E-state index contributed by atoms with van der Waals surface area (Å²) >= 11 is 0. The molecule has 3 saturated heterocycles. The van der Waals surface area contributed by atoms with Crippen LogP contribution < -0.4 is 0 Å². The van der Waals surface area contributed by atoms with Gasteiger partial charge in [0.15, 0.2) is 12.6 Å². The summed E-state index contributed by atoms with van der Waals surface area (Å²) in [6.07, 6.45) is -7.63. The van der Waals surface area contributed by atoms with Crippen LogP contribution in [0.4, 0.5) is 10.1 Å². The van der Waals surface area contributed by atoms with Crippen LogP contribution in [-0.4, -0.2) is 180 Å². The highest BCUT2D eigenvalue weighted by Gasteiger charge is 2.53. The number of rotatable bonds is 18. The average Bonchev–Trinajstić information content (AvgIpc) is 3.81. The highest BCUT2D eigenvalue weighted by Crippen LogP contribution is 2.41. The van der Waals surface area contributed by atoms with Crippen molar-refractivity contribution in [1.29, 1.82) is 0 Å². The van der Waals surface area contributed by atoms with Crippen molar-refractivity contribution in [1.82, 2.24) is 19.9 Å².